The summed E-state index contributed by atoms with van der Waals surface area (Å²) in [6.07, 6.45) is 1.66. The van der Waals surface area contributed by atoms with Gasteiger partial charge >= 0.3 is 12.0 Å². The van der Waals surface area contributed by atoms with E-state index in [1.54, 1.807) is 63.4 Å². The molecule has 2 amide bonds. The van der Waals surface area contributed by atoms with Crippen LogP contribution in [0.1, 0.15) is 26.3 Å². The molecule has 2 N–H and O–H groups in total. The molecule has 8 heteroatoms. The number of urea groups is 1. The molecule has 3 rings (SSSR count). The minimum Gasteiger partial charge on any atom is -0.463 e. The number of halogens is 1. The van der Waals surface area contributed by atoms with Crippen molar-refractivity contribution in [2.45, 2.75) is 33.3 Å². The SMILES string of the molecule is CCOC(=O)C(C)(C)Oc1ccc(-c2ccc(NC(=O)Nc3cccc(Cl)c3C)cc2)cn1. The molecule has 0 radical (unpaired) electrons. The van der Waals surface area contributed by atoms with Crippen LogP contribution in [0.15, 0.2) is 60.8 Å². The van der Waals surface area contributed by atoms with E-state index < -0.39 is 11.6 Å². The second-order valence-electron chi connectivity index (χ2n) is 7.79. The number of carbonyl (C=O) groups is 2. The van der Waals surface area contributed by atoms with Gasteiger partial charge in [-0.05, 0) is 69.2 Å². The van der Waals surface area contributed by atoms with Crippen LogP contribution in [0.2, 0.25) is 5.02 Å². The number of hydrogen-bond donors (Lipinski definition) is 2. The minimum absolute atomic E-state index is 0.282. The average Bonchev–Trinajstić information content (AvgIpc) is 2.78. The average molecular weight is 468 g/mol. The Kier molecular flexibility index (Phi) is 7.55. The van der Waals surface area contributed by atoms with Gasteiger partial charge in [-0.1, -0.05) is 29.8 Å². The molecule has 3 aromatic rings. The fourth-order valence-corrected chi connectivity index (χ4v) is 3.17. The molecule has 7 nitrogen and oxygen atoms in total. The van der Waals surface area contributed by atoms with Crippen LogP contribution in [0.3, 0.4) is 0 Å². The number of benzene rings is 2. The summed E-state index contributed by atoms with van der Waals surface area (Å²) in [4.78, 5) is 28.6. The van der Waals surface area contributed by atoms with Crippen molar-refractivity contribution < 1.29 is 19.1 Å². The molecular formula is C25H26ClN3O4. The summed E-state index contributed by atoms with van der Waals surface area (Å²) in [7, 11) is 0. The highest BCUT2D eigenvalue weighted by molar-refractivity contribution is 6.31. The van der Waals surface area contributed by atoms with E-state index in [2.05, 4.69) is 15.6 Å². The van der Waals surface area contributed by atoms with E-state index in [-0.39, 0.29) is 12.6 Å². The highest BCUT2D eigenvalue weighted by Crippen LogP contribution is 2.25. The number of anilines is 2. The van der Waals surface area contributed by atoms with Gasteiger partial charge in [0, 0.05) is 34.2 Å². The Hall–Kier alpha value is -3.58. The van der Waals surface area contributed by atoms with Gasteiger partial charge in [0.05, 0.1) is 6.61 Å². The van der Waals surface area contributed by atoms with Crippen LogP contribution in [-0.2, 0) is 9.53 Å². The lowest BCUT2D eigenvalue weighted by atomic mass is 10.1. The summed E-state index contributed by atoms with van der Waals surface area (Å²) in [6, 6.07) is 15.9. The normalized spacial score (nSPS) is 10.9. The van der Waals surface area contributed by atoms with E-state index in [9.17, 15) is 9.59 Å². The third-order valence-electron chi connectivity index (χ3n) is 4.86. The number of hydrogen-bond acceptors (Lipinski definition) is 5. The summed E-state index contributed by atoms with van der Waals surface area (Å²) >= 11 is 6.10. The molecule has 0 saturated carbocycles. The number of amides is 2. The van der Waals surface area contributed by atoms with Crippen molar-refractivity contribution in [2.24, 2.45) is 0 Å². The Morgan fingerprint density at radius 1 is 1.00 bits per heavy atom. The largest absolute Gasteiger partial charge is 0.463 e. The number of nitrogens with one attached hydrogen (secondary N) is 2. The van der Waals surface area contributed by atoms with E-state index in [4.69, 9.17) is 21.1 Å². The smallest absolute Gasteiger partial charge is 0.349 e. The Morgan fingerprint density at radius 3 is 2.33 bits per heavy atom. The highest BCUT2D eigenvalue weighted by atomic mass is 35.5. The first-order chi connectivity index (χ1) is 15.7. The van der Waals surface area contributed by atoms with Crippen molar-refractivity contribution in [2.75, 3.05) is 17.2 Å². The molecule has 0 unspecified atom stereocenters. The molecule has 1 heterocycles. The van der Waals surface area contributed by atoms with Crippen molar-refractivity contribution in [3.8, 4) is 17.0 Å². The summed E-state index contributed by atoms with van der Waals surface area (Å²) in [5, 5.41) is 6.18. The van der Waals surface area contributed by atoms with Gasteiger partial charge in [0.2, 0.25) is 11.5 Å². The van der Waals surface area contributed by atoms with Crippen LogP contribution in [0.25, 0.3) is 11.1 Å². The number of pyridine rings is 1. The van der Waals surface area contributed by atoms with Crippen LogP contribution in [0.4, 0.5) is 16.2 Å². The molecule has 0 bridgehead atoms. The summed E-state index contributed by atoms with van der Waals surface area (Å²) in [5.74, 6) is -0.128. The number of carbonyl (C=O) groups excluding carboxylic acids is 2. The second-order valence-corrected chi connectivity index (χ2v) is 8.19. The summed E-state index contributed by atoms with van der Waals surface area (Å²) in [6.45, 7) is 7.14. The zero-order chi connectivity index (χ0) is 24.0. The molecular weight excluding hydrogens is 442 g/mol. The van der Waals surface area contributed by atoms with Crippen molar-refractivity contribution >= 4 is 35.0 Å². The van der Waals surface area contributed by atoms with Gasteiger partial charge in [0.15, 0.2) is 0 Å². The number of nitrogens with zero attached hydrogens (tertiary/aromatic N) is 1. The maximum absolute atomic E-state index is 12.3. The number of aromatic nitrogens is 1. The molecule has 0 aliphatic rings. The molecule has 0 atom stereocenters. The van der Waals surface area contributed by atoms with Crippen LogP contribution in [-0.4, -0.2) is 29.2 Å². The van der Waals surface area contributed by atoms with E-state index in [0.29, 0.717) is 22.3 Å². The van der Waals surface area contributed by atoms with Crippen molar-refractivity contribution in [1.29, 1.82) is 0 Å². The van der Waals surface area contributed by atoms with Gasteiger partial charge in [0.1, 0.15) is 0 Å². The van der Waals surface area contributed by atoms with Gasteiger partial charge in [0.25, 0.3) is 0 Å². The van der Waals surface area contributed by atoms with Gasteiger partial charge in [-0.2, -0.15) is 0 Å². The number of ether oxygens (including phenoxy) is 2. The predicted molar refractivity (Wildman–Crippen MR) is 130 cm³/mol. The van der Waals surface area contributed by atoms with E-state index >= 15 is 0 Å². The molecule has 1 aromatic heterocycles. The maximum atomic E-state index is 12.3. The quantitative estimate of drug-likeness (QED) is 0.411. The van der Waals surface area contributed by atoms with Crippen LogP contribution in [0, 0.1) is 6.92 Å². The molecule has 2 aromatic carbocycles. The molecule has 33 heavy (non-hydrogen) atoms. The molecule has 0 fully saturated rings. The molecule has 0 aliphatic carbocycles. The fraction of sp³-hybridized carbons (Fsp3) is 0.240. The first-order valence-corrected chi connectivity index (χ1v) is 10.8. The zero-order valence-electron chi connectivity index (χ0n) is 18.9. The zero-order valence-corrected chi connectivity index (χ0v) is 19.7. The lowest BCUT2D eigenvalue weighted by Crippen LogP contribution is -2.39. The molecule has 172 valence electrons. The molecule has 0 aliphatic heterocycles. The lowest BCUT2D eigenvalue weighted by molar-refractivity contribution is -0.158. The first-order valence-electron chi connectivity index (χ1n) is 10.5. The van der Waals surface area contributed by atoms with Crippen LogP contribution >= 0.6 is 11.6 Å². The Bertz CT molecular complexity index is 1130. The van der Waals surface area contributed by atoms with E-state index in [1.165, 1.54) is 0 Å². The van der Waals surface area contributed by atoms with Crippen molar-refractivity contribution in [3.63, 3.8) is 0 Å². The Labute approximate surface area is 198 Å². The van der Waals surface area contributed by atoms with Gasteiger partial charge in [-0.15, -0.1) is 0 Å². The minimum atomic E-state index is -1.14. The topological polar surface area (TPSA) is 89.5 Å². The standard InChI is InChI=1S/C25H26ClN3O4/c1-5-32-23(30)25(3,4)33-22-14-11-18(15-27-22)17-9-12-19(13-10-17)28-24(31)29-21-8-6-7-20(26)16(21)2/h6-15H,5H2,1-4H3,(H2,28,29,31). The number of esters is 1. The van der Waals surface area contributed by atoms with Crippen molar-refractivity contribution in [1.82, 2.24) is 4.98 Å². The second kappa shape index (κ2) is 10.4. The lowest BCUT2D eigenvalue weighted by Gasteiger charge is -2.23. The van der Waals surface area contributed by atoms with E-state index in [0.717, 1.165) is 16.7 Å². The van der Waals surface area contributed by atoms with Crippen LogP contribution < -0.4 is 15.4 Å². The maximum Gasteiger partial charge on any atom is 0.349 e. The molecule has 0 spiro atoms. The van der Waals surface area contributed by atoms with Gasteiger partial charge in [-0.3, -0.25) is 0 Å². The first kappa shape index (κ1) is 24.1. The number of rotatable bonds is 7. The van der Waals surface area contributed by atoms with Crippen LogP contribution in [0.5, 0.6) is 5.88 Å². The Morgan fingerprint density at radius 2 is 1.70 bits per heavy atom. The van der Waals surface area contributed by atoms with Gasteiger partial charge < -0.3 is 20.1 Å². The third kappa shape index (κ3) is 6.23. The van der Waals surface area contributed by atoms with Gasteiger partial charge in [-0.25, -0.2) is 14.6 Å². The fourth-order valence-electron chi connectivity index (χ4n) is 2.99. The third-order valence-corrected chi connectivity index (χ3v) is 5.26. The summed E-state index contributed by atoms with van der Waals surface area (Å²) < 4.78 is 10.7. The van der Waals surface area contributed by atoms with Crippen molar-refractivity contribution in [3.05, 3.63) is 71.4 Å². The molecule has 0 saturated heterocycles. The Balaban J connectivity index is 1.62. The summed E-state index contributed by atoms with van der Waals surface area (Å²) in [5.41, 5.74) is 2.73. The monoisotopic (exact) mass is 467 g/mol. The van der Waals surface area contributed by atoms with E-state index in [1.807, 2.05) is 25.1 Å². The predicted octanol–water partition coefficient (Wildman–Crippen LogP) is 6.07. The highest BCUT2D eigenvalue weighted by Gasteiger charge is 2.32.